The van der Waals surface area contributed by atoms with Gasteiger partial charge in [-0.2, -0.15) is 0 Å². The molecular formula is C106H62S2. The van der Waals surface area contributed by atoms with E-state index in [1.165, 1.54) is 236 Å². The van der Waals surface area contributed by atoms with Gasteiger partial charge in [0.2, 0.25) is 0 Å². The Labute approximate surface area is 630 Å². The summed E-state index contributed by atoms with van der Waals surface area (Å²) in [6, 6.07) is 140. The van der Waals surface area contributed by atoms with E-state index in [0.717, 1.165) is 0 Å². The summed E-state index contributed by atoms with van der Waals surface area (Å²) in [5.74, 6) is 0. The molecule has 2 aromatic heterocycles. The SMILES string of the molecule is c1cc(-c2ccc3c(c2)c2ccccc2c2cc4c5ccccc5c5ccccc5c4cc32)cc(-c2cccc3c2sc2c4ccccc4ccc32)c1.c1ccc(-c2cccc3c2sc2c(-c4cccc(-c5ccc6c(c5)c5ccccc5c5cc7c8ccccc8c8ccccc8c7cc65)c4)cccc23)cc1. The maximum absolute atomic E-state index is 2.46. The van der Waals surface area contributed by atoms with Crippen molar-refractivity contribution < 1.29 is 0 Å². The first-order chi connectivity index (χ1) is 53.6. The molecule has 0 aliphatic carbocycles. The van der Waals surface area contributed by atoms with E-state index in [1.54, 1.807) is 0 Å². The third-order valence-corrected chi connectivity index (χ3v) is 26.0. The van der Waals surface area contributed by atoms with Crippen LogP contribution in [0.4, 0.5) is 0 Å². The number of hydrogen-bond donors (Lipinski definition) is 0. The second-order valence-corrected chi connectivity index (χ2v) is 31.2. The van der Waals surface area contributed by atoms with Crippen LogP contribution in [0.1, 0.15) is 0 Å². The third kappa shape index (κ3) is 9.34. The molecule has 0 radical (unpaired) electrons. The molecule has 498 valence electrons. The lowest BCUT2D eigenvalue weighted by molar-refractivity contribution is 1.63. The molecule has 0 aliphatic rings. The van der Waals surface area contributed by atoms with E-state index in [-0.39, 0.29) is 0 Å². The van der Waals surface area contributed by atoms with Gasteiger partial charge in [-0.05, 0) is 244 Å². The molecule has 0 aliphatic heterocycles. The number of hydrogen-bond acceptors (Lipinski definition) is 2. The van der Waals surface area contributed by atoms with Gasteiger partial charge in [-0.15, -0.1) is 22.7 Å². The first kappa shape index (κ1) is 61.0. The van der Waals surface area contributed by atoms with Crippen molar-refractivity contribution in [3.63, 3.8) is 0 Å². The summed E-state index contributed by atoms with van der Waals surface area (Å²) in [6.45, 7) is 0. The Balaban J connectivity index is 0.000000130. The highest BCUT2D eigenvalue weighted by atomic mass is 32.1. The van der Waals surface area contributed by atoms with Crippen LogP contribution in [0, 0.1) is 0 Å². The zero-order chi connectivity index (χ0) is 70.7. The fourth-order valence-corrected chi connectivity index (χ4v) is 21.2. The zero-order valence-corrected chi connectivity index (χ0v) is 60.2. The highest BCUT2D eigenvalue weighted by Gasteiger charge is 2.21. The van der Waals surface area contributed by atoms with E-state index >= 15 is 0 Å². The van der Waals surface area contributed by atoms with Crippen molar-refractivity contribution in [3.05, 3.63) is 376 Å². The molecular weight excluding hydrogens is 1340 g/mol. The van der Waals surface area contributed by atoms with Crippen LogP contribution in [-0.2, 0) is 0 Å². The van der Waals surface area contributed by atoms with E-state index in [1.807, 2.05) is 22.7 Å². The normalized spacial score (nSPS) is 12.1. The Morgan fingerprint density at radius 1 is 0.111 bits per heavy atom. The highest BCUT2D eigenvalue weighted by molar-refractivity contribution is 7.27. The highest BCUT2D eigenvalue weighted by Crippen LogP contribution is 2.50. The smallest absolute Gasteiger partial charge is 0.0434 e. The van der Waals surface area contributed by atoms with Crippen LogP contribution in [-0.4, -0.2) is 0 Å². The lowest BCUT2D eigenvalue weighted by Crippen LogP contribution is -1.88. The molecule has 2 heteroatoms. The summed E-state index contributed by atoms with van der Waals surface area (Å²) in [4.78, 5) is 0. The molecule has 0 nitrogen and oxygen atoms in total. The van der Waals surface area contributed by atoms with Gasteiger partial charge in [0.1, 0.15) is 0 Å². The van der Waals surface area contributed by atoms with Gasteiger partial charge in [0, 0.05) is 40.3 Å². The minimum atomic E-state index is 1.22. The number of fused-ring (bicyclic) bond motifs is 32. The maximum atomic E-state index is 2.46. The van der Waals surface area contributed by atoms with Gasteiger partial charge in [0.05, 0.1) is 0 Å². The van der Waals surface area contributed by atoms with E-state index in [2.05, 4.69) is 376 Å². The second-order valence-electron chi connectivity index (χ2n) is 29.1. The van der Waals surface area contributed by atoms with Crippen LogP contribution in [0.3, 0.4) is 0 Å². The summed E-state index contributed by atoms with van der Waals surface area (Å²) in [7, 11) is 0. The molecule has 0 atom stereocenters. The average Bonchev–Trinajstić information content (AvgIpc) is 1.24. The Morgan fingerprint density at radius 2 is 0.343 bits per heavy atom. The molecule has 0 unspecified atom stereocenters. The van der Waals surface area contributed by atoms with Crippen molar-refractivity contribution in [2.24, 2.45) is 0 Å². The van der Waals surface area contributed by atoms with E-state index in [4.69, 9.17) is 0 Å². The molecule has 0 fully saturated rings. The zero-order valence-electron chi connectivity index (χ0n) is 58.6. The summed E-state index contributed by atoms with van der Waals surface area (Å²) in [5.41, 5.74) is 12.5. The molecule has 0 bridgehead atoms. The summed E-state index contributed by atoms with van der Waals surface area (Å²) >= 11 is 3.83. The fourth-order valence-electron chi connectivity index (χ4n) is 18.4. The van der Waals surface area contributed by atoms with Gasteiger partial charge >= 0.3 is 0 Å². The van der Waals surface area contributed by atoms with E-state index < -0.39 is 0 Å². The maximum Gasteiger partial charge on any atom is 0.0434 e. The van der Waals surface area contributed by atoms with Crippen LogP contribution < -0.4 is 0 Å². The van der Waals surface area contributed by atoms with Crippen molar-refractivity contribution in [2.45, 2.75) is 0 Å². The topological polar surface area (TPSA) is 0 Å². The van der Waals surface area contributed by atoms with Gasteiger partial charge < -0.3 is 0 Å². The van der Waals surface area contributed by atoms with Gasteiger partial charge in [0.25, 0.3) is 0 Å². The molecule has 22 aromatic carbocycles. The second kappa shape index (κ2) is 24.1. The van der Waals surface area contributed by atoms with Crippen molar-refractivity contribution in [2.75, 3.05) is 0 Å². The van der Waals surface area contributed by atoms with Gasteiger partial charge in [-0.25, -0.2) is 0 Å². The van der Waals surface area contributed by atoms with Gasteiger partial charge in [0.15, 0.2) is 0 Å². The first-order valence-corrected chi connectivity index (χ1v) is 39.0. The van der Waals surface area contributed by atoms with E-state index in [9.17, 15) is 0 Å². The summed E-state index contributed by atoms with van der Waals surface area (Å²) in [5, 5.41) is 39.2. The van der Waals surface area contributed by atoms with Gasteiger partial charge in [-0.1, -0.05) is 328 Å². The average molecular weight is 1400 g/mol. The predicted molar refractivity (Wildman–Crippen MR) is 473 cm³/mol. The molecule has 0 N–H and O–H groups in total. The Bertz CT molecular complexity index is 7990. The van der Waals surface area contributed by atoms with Crippen LogP contribution in [0.5, 0.6) is 0 Å². The minimum Gasteiger partial charge on any atom is -0.134 e. The monoisotopic (exact) mass is 1400 g/mol. The first-order valence-electron chi connectivity index (χ1n) is 37.3. The van der Waals surface area contributed by atoms with Crippen molar-refractivity contribution >= 4 is 203 Å². The quantitative estimate of drug-likeness (QED) is 0.119. The van der Waals surface area contributed by atoms with E-state index in [0.29, 0.717) is 0 Å². The largest absolute Gasteiger partial charge is 0.134 e. The summed E-state index contributed by atoms with van der Waals surface area (Å²) < 4.78 is 5.39. The molecule has 0 spiro atoms. The van der Waals surface area contributed by atoms with Crippen molar-refractivity contribution in [3.8, 4) is 55.6 Å². The van der Waals surface area contributed by atoms with Crippen LogP contribution in [0.2, 0.25) is 0 Å². The van der Waals surface area contributed by atoms with Gasteiger partial charge in [-0.3, -0.25) is 0 Å². The number of thiophene rings is 2. The molecule has 24 aromatic rings. The molecule has 24 rings (SSSR count). The predicted octanol–water partition coefficient (Wildman–Crippen LogP) is 31.4. The Hall–Kier alpha value is -13.3. The molecule has 0 saturated heterocycles. The lowest BCUT2D eigenvalue weighted by atomic mass is 9.87. The number of rotatable bonds is 5. The van der Waals surface area contributed by atoms with Crippen LogP contribution in [0.15, 0.2) is 376 Å². The molecule has 0 saturated carbocycles. The fraction of sp³-hybridized carbons (Fsp3) is 0. The van der Waals surface area contributed by atoms with Crippen LogP contribution >= 0.6 is 22.7 Å². The number of benzene rings is 22. The Kier molecular flexibility index (Phi) is 13.6. The third-order valence-electron chi connectivity index (χ3n) is 23.4. The van der Waals surface area contributed by atoms with Crippen molar-refractivity contribution in [1.82, 2.24) is 0 Å². The minimum absolute atomic E-state index is 1.22. The molecule has 0 amide bonds. The molecule has 108 heavy (non-hydrogen) atoms. The standard InChI is InChI=1S/C54H32S.C52H30S/c1-2-13-33(14-3-1)37-23-11-25-46-47-26-12-24-38(54(47)55-53(37)46)36-16-10-15-34(29-36)35-27-28-45-48(30-35)43-21-8-9-22-44(43)51-31-49-41-19-6-4-17-39(41)40-18-5-7-20-42(40)50(49)32-52(45)51;1-2-14-35-31(11-1)23-26-45-44-22-10-21-36(52(44)53-51(35)45)34-13-9-12-32(27-34)33-24-25-43-46(28-33)41-19-7-8-20-42(41)49-29-47-39-17-5-3-15-37(39)38-16-4-6-18-40(38)48(47)30-50(43)49/h1-32H;1-30H. The van der Waals surface area contributed by atoms with Crippen LogP contribution in [0.25, 0.3) is 236 Å². The summed E-state index contributed by atoms with van der Waals surface area (Å²) in [6.07, 6.45) is 0. The Morgan fingerprint density at radius 3 is 0.713 bits per heavy atom. The molecule has 2 heterocycles. The lowest BCUT2D eigenvalue weighted by Gasteiger charge is -2.16. The van der Waals surface area contributed by atoms with Crippen molar-refractivity contribution in [1.29, 1.82) is 0 Å².